The van der Waals surface area contributed by atoms with Gasteiger partial charge < -0.3 is 5.32 Å². The van der Waals surface area contributed by atoms with Gasteiger partial charge in [-0.05, 0) is 19.3 Å². The predicted molar refractivity (Wildman–Crippen MR) is 70.3 cm³/mol. The molecule has 1 rings (SSSR count). The second-order valence-corrected chi connectivity index (χ2v) is 4.82. The van der Waals surface area contributed by atoms with Gasteiger partial charge in [-0.25, -0.2) is 0 Å². The van der Waals surface area contributed by atoms with Crippen molar-refractivity contribution in [3.63, 3.8) is 0 Å². The van der Waals surface area contributed by atoms with Crippen molar-refractivity contribution in [2.24, 2.45) is 5.92 Å². The lowest BCUT2D eigenvalue weighted by Gasteiger charge is -2.41. The highest BCUT2D eigenvalue weighted by Gasteiger charge is 2.28. The van der Waals surface area contributed by atoms with Crippen molar-refractivity contribution in [3.8, 4) is 11.8 Å². The van der Waals surface area contributed by atoms with E-state index in [-0.39, 0.29) is 0 Å². The summed E-state index contributed by atoms with van der Waals surface area (Å²) in [6.45, 7) is 12.0. The number of hydrogen-bond donors (Lipinski definition) is 1. The van der Waals surface area contributed by atoms with E-state index >= 15 is 0 Å². The second kappa shape index (κ2) is 6.93. The molecular formula is C14H26N2. The Labute approximate surface area is 101 Å². The summed E-state index contributed by atoms with van der Waals surface area (Å²) in [6, 6.07) is 1.31. The minimum absolute atomic E-state index is 0.645. The lowest BCUT2D eigenvalue weighted by molar-refractivity contribution is 0.121. The van der Waals surface area contributed by atoms with Crippen molar-refractivity contribution < 1.29 is 0 Å². The Balaban J connectivity index is 2.56. The smallest absolute Gasteiger partial charge is 0.0604 e. The number of piperazine rings is 1. The first-order valence-corrected chi connectivity index (χ1v) is 6.59. The summed E-state index contributed by atoms with van der Waals surface area (Å²) < 4.78 is 0. The van der Waals surface area contributed by atoms with Crippen molar-refractivity contribution in [1.29, 1.82) is 0 Å². The largest absolute Gasteiger partial charge is 0.311 e. The van der Waals surface area contributed by atoms with Gasteiger partial charge in [-0.15, -0.1) is 5.92 Å². The van der Waals surface area contributed by atoms with E-state index in [1.807, 2.05) is 6.92 Å². The quantitative estimate of drug-likeness (QED) is 0.733. The molecule has 1 aliphatic rings. The van der Waals surface area contributed by atoms with Gasteiger partial charge in [0, 0.05) is 25.2 Å². The van der Waals surface area contributed by atoms with Gasteiger partial charge >= 0.3 is 0 Å². The maximum atomic E-state index is 3.69. The SMILES string of the molecule is CC#CCN1CC(C(C)CC)NCC1CC. The number of rotatable bonds is 4. The van der Waals surface area contributed by atoms with Gasteiger partial charge in [0.15, 0.2) is 0 Å². The van der Waals surface area contributed by atoms with Crippen molar-refractivity contribution in [2.45, 2.75) is 52.6 Å². The third kappa shape index (κ3) is 3.50. The second-order valence-electron chi connectivity index (χ2n) is 4.82. The van der Waals surface area contributed by atoms with Gasteiger partial charge in [-0.3, -0.25) is 4.90 Å². The minimum Gasteiger partial charge on any atom is -0.311 e. The molecule has 2 nitrogen and oxygen atoms in total. The van der Waals surface area contributed by atoms with Crippen molar-refractivity contribution in [1.82, 2.24) is 10.2 Å². The van der Waals surface area contributed by atoms with Gasteiger partial charge in [0.1, 0.15) is 0 Å². The van der Waals surface area contributed by atoms with Crippen LogP contribution in [-0.2, 0) is 0 Å². The molecule has 0 bridgehead atoms. The number of nitrogens with zero attached hydrogens (tertiary/aromatic N) is 1. The molecule has 0 aliphatic carbocycles. The molecule has 3 unspecified atom stereocenters. The van der Waals surface area contributed by atoms with Crippen LogP contribution in [0.25, 0.3) is 0 Å². The third-order valence-electron chi connectivity index (χ3n) is 3.82. The van der Waals surface area contributed by atoms with E-state index in [2.05, 4.69) is 42.8 Å². The molecule has 1 N–H and O–H groups in total. The lowest BCUT2D eigenvalue weighted by Crippen LogP contribution is -2.58. The van der Waals surface area contributed by atoms with Crippen LogP contribution in [0.4, 0.5) is 0 Å². The normalized spacial score (nSPS) is 28.2. The lowest BCUT2D eigenvalue weighted by atomic mass is 9.95. The van der Waals surface area contributed by atoms with Gasteiger partial charge in [0.2, 0.25) is 0 Å². The van der Waals surface area contributed by atoms with Crippen LogP contribution >= 0.6 is 0 Å². The van der Waals surface area contributed by atoms with E-state index < -0.39 is 0 Å². The van der Waals surface area contributed by atoms with Gasteiger partial charge in [0.25, 0.3) is 0 Å². The molecule has 0 saturated carbocycles. The topological polar surface area (TPSA) is 15.3 Å². The van der Waals surface area contributed by atoms with Crippen LogP contribution in [0.15, 0.2) is 0 Å². The maximum absolute atomic E-state index is 3.69. The fourth-order valence-electron chi connectivity index (χ4n) is 2.33. The van der Waals surface area contributed by atoms with Crippen LogP contribution in [0.2, 0.25) is 0 Å². The molecule has 3 atom stereocenters. The molecule has 1 heterocycles. The summed E-state index contributed by atoms with van der Waals surface area (Å²) in [5.41, 5.74) is 0. The summed E-state index contributed by atoms with van der Waals surface area (Å²) >= 11 is 0. The fraction of sp³-hybridized carbons (Fsp3) is 0.857. The Morgan fingerprint density at radius 1 is 1.44 bits per heavy atom. The van der Waals surface area contributed by atoms with E-state index in [1.165, 1.54) is 12.8 Å². The van der Waals surface area contributed by atoms with Gasteiger partial charge in [0.05, 0.1) is 6.54 Å². The molecule has 0 amide bonds. The van der Waals surface area contributed by atoms with Gasteiger partial charge in [-0.1, -0.05) is 33.1 Å². The highest BCUT2D eigenvalue weighted by Crippen LogP contribution is 2.16. The van der Waals surface area contributed by atoms with Crippen molar-refractivity contribution in [2.75, 3.05) is 19.6 Å². The average Bonchev–Trinajstić information content (AvgIpc) is 2.34. The summed E-state index contributed by atoms with van der Waals surface area (Å²) in [6.07, 6.45) is 2.47. The van der Waals surface area contributed by atoms with Crippen LogP contribution in [0, 0.1) is 17.8 Å². The first-order valence-electron chi connectivity index (χ1n) is 6.59. The highest BCUT2D eigenvalue weighted by molar-refractivity contribution is 5.00. The molecule has 0 radical (unpaired) electrons. The maximum Gasteiger partial charge on any atom is 0.0604 e. The minimum atomic E-state index is 0.645. The molecule has 0 aromatic rings. The van der Waals surface area contributed by atoms with Gasteiger partial charge in [-0.2, -0.15) is 0 Å². The predicted octanol–water partition coefficient (Wildman–Crippen LogP) is 2.11. The fourth-order valence-corrected chi connectivity index (χ4v) is 2.33. The number of nitrogens with one attached hydrogen (secondary N) is 1. The zero-order chi connectivity index (χ0) is 12.0. The molecule has 1 fully saturated rings. The summed E-state index contributed by atoms with van der Waals surface area (Å²) in [7, 11) is 0. The molecule has 0 spiro atoms. The molecule has 1 aliphatic heterocycles. The van der Waals surface area contributed by atoms with E-state index in [1.54, 1.807) is 0 Å². The Kier molecular flexibility index (Phi) is 5.87. The van der Waals surface area contributed by atoms with E-state index in [9.17, 15) is 0 Å². The Morgan fingerprint density at radius 3 is 2.75 bits per heavy atom. The van der Waals surface area contributed by atoms with Crippen molar-refractivity contribution in [3.05, 3.63) is 0 Å². The standard InChI is InChI=1S/C14H26N2/c1-5-8-9-16-11-14(12(4)6-2)15-10-13(16)7-3/h12-15H,6-7,9-11H2,1-4H3. The summed E-state index contributed by atoms with van der Waals surface area (Å²) in [5, 5.41) is 3.69. The number of hydrogen-bond acceptors (Lipinski definition) is 2. The van der Waals surface area contributed by atoms with Crippen LogP contribution in [0.3, 0.4) is 0 Å². The molecule has 2 heteroatoms. The monoisotopic (exact) mass is 222 g/mol. The summed E-state index contributed by atoms with van der Waals surface area (Å²) in [5.74, 6) is 6.97. The Bertz CT molecular complexity index is 251. The molecule has 1 saturated heterocycles. The molecule has 0 aromatic carbocycles. The highest BCUT2D eigenvalue weighted by atomic mass is 15.2. The zero-order valence-corrected chi connectivity index (χ0v) is 11.2. The molecular weight excluding hydrogens is 196 g/mol. The van der Waals surface area contributed by atoms with E-state index in [4.69, 9.17) is 0 Å². The zero-order valence-electron chi connectivity index (χ0n) is 11.2. The molecule has 16 heavy (non-hydrogen) atoms. The summed E-state index contributed by atoms with van der Waals surface area (Å²) in [4.78, 5) is 2.55. The Hall–Kier alpha value is -0.520. The third-order valence-corrected chi connectivity index (χ3v) is 3.82. The Morgan fingerprint density at radius 2 is 2.19 bits per heavy atom. The van der Waals surface area contributed by atoms with Crippen LogP contribution in [0.1, 0.15) is 40.5 Å². The van der Waals surface area contributed by atoms with Crippen LogP contribution < -0.4 is 5.32 Å². The van der Waals surface area contributed by atoms with E-state index in [0.717, 1.165) is 25.6 Å². The first kappa shape index (κ1) is 13.5. The van der Waals surface area contributed by atoms with Crippen LogP contribution in [0.5, 0.6) is 0 Å². The van der Waals surface area contributed by atoms with E-state index in [0.29, 0.717) is 12.1 Å². The first-order chi connectivity index (χ1) is 7.72. The van der Waals surface area contributed by atoms with Crippen molar-refractivity contribution >= 4 is 0 Å². The van der Waals surface area contributed by atoms with Crippen LogP contribution in [-0.4, -0.2) is 36.6 Å². The average molecular weight is 222 g/mol. The molecule has 92 valence electrons. The molecule has 0 aromatic heterocycles.